The van der Waals surface area contributed by atoms with E-state index in [1.54, 1.807) is 6.07 Å². The van der Waals surface area contributed by atoms with Crippen LogP contribution in [0.25, 0.3) is 22.4 Å². The summed E-state index contributed by atoms with van der Waals surface area (Å²) in [6, 6.07) is 31.1. The molecule has 5 aromatic rings. The smallest absolute Gasteiger partial charge is 0.325 e. The number of hydrogen-bond donors (Lipinski definition) is 1. The standard InChI is InChI=1S/C36H35Cl2N3O2/c1-4-24(2)27-11-13-29(14-12-27)28-9-5-25(6-10-28)19-35-40-34(32-18-15-30(37)20-33(32)38)23-41(35)22-26-7-16-31(17-8-26)39-21-36(42)43-3/h5-18,20,23-24,39H,4,19,21-22H2,1-3H3. The number of nitrogens with zero attached hydrogens (tertiary/aromatic N) is 2. The molecular formula is C36H35Cl2N3O2. The van der Waals surface area contributed by atoms with Crippen LogP contribution in [0.4, 0.5) is 5.69 Å². The van der Waals surface area contributed by atoms with Crippen molar-refractivity contribution in [3.8, 4) is 22.4 Å². The van der Waals surface area contributed by atoms with Gasteiger partial charge in [0.05, 0.1) is 17.8 Å². The molecule has 43 heavy (non-hydrogen) atoms. The highest BCUT2D eigenvalue weighted by Gasteiger charge is 2.14. The molecule has 0 aliphatic rings. The molecule has 0 fully saturated rings. The van der Waals surface area contributed by atoms with Crippen LogP contribution in [0.15, 0.2) is 97.2 Å². The molecule has 0 radical (unpaired) electrons. The third kappa shape index (κ3) is 7.67. The van der Waals surface area contributed by atoms with Crippen LogP contribution >= 0.6 is 23.2 Å². The minimum atomic E-state index is -0.312. The van der Waals surface area contributed by atoms with Gasteiger partial charge in [0.2, 0.25) is 0 Å². The zero-order valence-corrected chi connectivity index (χ0v) is 26.1. The van der Waals surface area contributed by atoms with Gasteiger partial charge in [-0.05, 0) is 70.5 Å². The first-order chi connectivity index (χ1) is 20.8. The molecule has 0 saturated carbocycles. The molecule has 0 amide bonds. The minimum Gasteiger partial charge on any atom is -0.468 e. The molecule has 1 heterocycles. The molecule has 1 atom stereocenters. The number of ether oxygens (including phenoxy) is 1. The average molecular weight is 613 g/mol. The summed E-state index contributed by atoms with van der Waals surface area (Å²) in [7, 11) is 1.38. The van der Waals surface area contributed by atoms with Gasteiger partial charge in [0.1, 0.15) is 12.4 Å². The van der Waals surface area contributed by atoms with E-state index in [0.29, 0.717) is 28.9 Å². The average Bonchev–Trinajstić information content (AvgIpc) is 3.41. The first-order valence-electron chi connectivity index (χ1n) is 14.4. The maximum Gasteiger partial charge on any atom is 0.325 e. The van der Waals surface area contributed by atoms with E-state index in [4.69, 9.17) is 32.9 Å². The molecule has 0 bridgehead atoms. The summed E-state index contributed by atoms with van der Waals surface area (Å²) in [5.41, 5.74) is 8.54. The highest BCUT2D eigenvalue weighted by molar-refractivity contribution is 6.36. The summed E-state index contributed by atoms with van der Waals surface area (Å²) >= 11 is 12.7. The highest BCUT2D eigenvalue weighted by Crippen LogP contribution is 2.31. The third-order valence-electron chi connectivity index (χ3n) is 7.78. The number of halogens is 2. The van der Waals surface area contributed by atoms with Gasteiger partial charge in [-0.15, -0.1) is 0 Å². The Kier molecular flexibility index (Phi) is 9.86. The van der Waals surface area contributed by atoms with Gasteiger partial charge < -0.3 is 14.6 Å². The minimum absolute atomic E-state index is 0.120. The predicted molar refractivity (Wildman–Crippen MR) is 177 cm³/mol. The Morgan fingerprint density at radius 1 is 0.907 bits per heavy atom. The number of hydrogen-bond acceptors (Lipinski definition) is 4. The van der Waals surface area contributed by atoms with Crippen LogP contribution < -0.4 is 5.32 Å². The van der Waals surface area contributed by atoms with Crippen molar-refractivity contribution in [2.75, 3.05) is 19.0 Å². The lowest BCUT2D eigenvalue weighted by molar-refractivity contribution is -0.138. The van der Waals surface area contributed by atoms with Gasteiger partial charge in [0.15, 0.2) is 0 Å². The fraction of sp³-hybridized carbons (Fsp3) is 0.222. The number of anilines is 1. The first-order valence-corrected chi connectivity index (χ1v) is 15.2. The van der Waals surface area contributed by atoms with E-state index in [0.717, 1.165) is 34.8 Å². The van der Waals surface area contributed by atoms with Crippen molar-refractivity contribution in [2.24, 2.45) is 0 Å². The van der Waals surface area contributed by atoms with Gasteiger partial charge >= 0.3 is 5.97 Å². The number of rotatable bonds is 11. The predicted octanol–water partition coefficient (Wildman–Crippen LogP) is 9.26. The Labute approximate surface area is 263 Å². The number of esters is 1. The van der Waals surface area contributed by atoms with E-state index >= 15 is 0 Å². The Balaban J connectivity index is 1.38. The van der Waals surface area contributed by atoms with Crippen LogP contribution in [0.5, 0.6) is 0 Å². The zero-order valence-electron chi connectivity index (χ0n) is 24.6. The summed E-state index contributed by atoms with van der Waals surface area (Å²) in [4.78, 5) is 16.5. The van der Waals surface area contributed by atoms with Gasteiger partial charge in [0, 0.05) is 35.4 Å². The summed E-state index contributed by atoms with van der Waals surface area (Å²) in [6.45, 7) is 5.23. The number of aromatic nitrogens is 2. The van der Waals surface area contributed by atoms with Crippen LogP contribution in [-0.4, -0.2) is 29.2 Å². The molecule has 7 heteroatoms. The molecular weight excluding hydrogens is 577 g/mol. The quantitative estimate of drug-likeness (QED) is 0.151. The zero-order chi connectivity index (χ0) is 30.3. The summed E-state index contributed by atoms with van der Waals surface area (Å²) in [5.74, 6) is 1.18. The molecule has 1 N–H and O–H groups in total. The second kappa shape index (κ2) is 13.9. The monoisotopic (exact) mass is 611 g/mol. The molecule has 4 aromatic carbocycles. The van der Waals surface area contributed by atoms with E-state index in [1.165, 1.54) is 29.4 Å². The van der Waals surface area contributed by atoms with Gasteiger partial charge in [0.25, 0.3) is 0 Å². The number of carbonyl (C=O) groups excluding carboxylic acids is 1. The molecule has 1 unspecified atom stereocenters. The first kappa shape index (κ1) is 30.4. The van der Waals surface area contributed by atoms with Crippen LogP contribution in [0, 0.1) is 0 Å². The highest BCUT2D eigenvalue weighted by atomic mass is 35.5. The van der Waals surface area contributed by atoms with E-state index in [9.17, 15) is 4.79 Å². The molecule has 0 spiro atoms. The molecule has 1 aromatic heterocycles. The molecule has 5 nitrogen and oxygen atoms in total. The SMILES string of the molecule is CCC(C)c1ccc(-c2ccc(Cc3nc(-c4ccc(Cl)cc4Cl)cn3Cc3ccc(NCC(=O)OC)cc3)cc2)cc1. The number of methoxy groups -OCH3 is 1. The van der Waals surface area contributed by atoms with Gasteiger partial charge in [-0.25, -0.2) is 4.98 Å². The van der Waals surface area contributed by atoms with E-state index in [2.05, 4.69) is 72.3 Å². The van der Waals surface area contributed by atoms with Gasteiger partial charge in [-0.3, -0.25) is 4.79 Å². The molecule has 0 aliphatic heterocycles. The number of imidazole rings is 1. The van der Waals surface area contributed by atoms with E-state index < -0.39 is 0 Å². The Hall–Kier alpha value is -4.06. The molecule has 220 valence electrons. The lowest BCUT2D eigenvalue weighted by atomic mass is 9.95. The van der Waals surface area contributed by atoms with Crippen molar-refractivity contribution >= 4 is 34.9 Å². The summed E-state index contributed by atoms with van der Waals surface area (Å²) in [6.07, 6.45) is 3.84. The van der Waals surface area contributed by atoms with Crippen LogP contribution in [0.2, 0.25) is 10.0 Å². The van der Waals surface area contributed by atoms with Crippen molar-refractivity contribution in [3.63, 3.8) is 0 Å². The summed E-state index contributed by atoms with van der Waals surface area (Å²) in [5, 5.41) is 4.22. The van der Waals surface area contributed by atoms with Crippen molar-refractivity contribution in [1.82, 2.24) is 9.55 Å². The normalized spacial score (nSPS) is 11.7. The van der Waals surface area contributed by atoms with E-state index in [1.807, 2.05) is 42.6 Å². The molecule has 5 rings (SSSR count). The Morgan fingerprint density at radius 2 is 1.56 bits per heavy atom. The lowest BCUT2D eigenvalue weighted by Crippen LogP contribution is -2.14. The number of nitrogens with one attached hydrogen (secondary N) is 1. The summed E-state index contributed by atoms with van der Waals surface area (Å²) < 4.78 is 6.87. The lowest BCUT2D eigenvalue weighted by Gasteiger charge is -2.11. The van der Waals surface area contributed by atoms with Gasteiger partial charge in [-0.2, -0.15) is 0 Å². The fourth-order valence-corrected chi connectivity index (χ4v) is 5.47. The molecule has 0 aliphatic carbocycles. The second-order valence-corrected chi connectivity index (χ2v) is 11.6. The van der Waals surface area contributed by atoms with Gasteiger partial charge in [-0.1, -0.05) is 97.7 Å². The van der Waals surface area contributed by atoms with Crippen molar-refractivity contribution in [1.29, 1.82) is 0 Å². The largest absolute Gasteiger partial charge is 0.468 e. The molecule has 0 saturated heterocycles. The number of benzene rings is 4. The van der Waals surface area contributed by atoms with Crippen LogP contribution in [-0.2, 0) is 22.5 Å². The van der Waals surface area contributed by atoms with Crippen molar-refractivity contribution in [2.45, 2.75) is 39.2 Å². The third-order valence-corrected chi connectivity index (χ3v) is 8.33. The maximum atomic E-state index is 11.5. The second-order valence-electron chi connectivity index (χ2n) is 10.7. The van der Waals surface area contributed by atoms with Crippen molar-refractivity contribution < 1.29 is 9.53 Å². The number of carbonyl (C=O) groups is 1. The van der Waals surface area contributed by atoms with Crippen molar-refractivity contribution in [3.05, 3.63) is 130 Å². The Bertz CT molecular complexity index is 1680. The van der Waals surface area contributed by atoms with E-state index in [-0.39, 0.29) is 12.5 Å². The maximum absolute atomic E-state index is 11.5. The van der Waals surface area contributed by atoms with Crippen LogP contribution in [0.1, 0.15) is 48.7 Å². The fourth-order valence-electron chi connectivity index (χ4n) is 4.97. The van der Waals surface area contributed by atoms with Crippen LogP contribution in [0.3, 0.4) is 0 Å². The topological polar surface area (TPSA) is 56.2 Å². The Morgan fingerprint density at radius 3 is 2.19 bits per heavy atom.